The summed E-state index contributed by atoms with van der Waals surface area (Å²) in [6.07, 6.45) is 0.280. The number of carbonyl (C=O) groups is 5. The zero-order valence-electron chi connectivity index (χ0n) is 20.6. The number of aliphatic hydroxyl groups excluding tert-OH is 1. The number of carbonyl (C=O) groups excluding carboxylic acids is 4. The Morgan fingerprint density at radius 2 is 1.53 bits per heavy atom. The second-order valence-corrected chi connectivity index (χ2v) is 8.06. The molecule has 0 bridgehead atoms. The van der Waals surface area contributed by atoms with Gasteiger partial charge in [-0.1, -0.05) is 12.1 Å². The van der Waals surface area contributed by atoms with Crippen LogP contribution < -0.4 is 38.5 Å². The summed E-state index contributed by atoms with van der Waals surface area (Å²) < 4.78 is 0. The van der Waals surface area contributed by atoms with E-state index in [9.17, 15) is 29.1 Å². The van der Waals surface area contributed by atoms with E-state index in [-0.39, 0.29) is 44.1 Å². The van der Waals surface area contributed by atoms with Crippen molar-refractivity contribution in [1.82, 2.24) is 21.3 Å². The fraction of sp³-hybridized carbons (Fsp3) is 0.455. The molecule has 0 saturated heterocycles. The first-order valence-corrected chi connectivity index (χ1v) is 11.5. The molecule has 16 heteroatoms. The smallest absolute Gasteiger partial charge is 0.328 e. The molecule has 0 radical (unpaired) electrons. The number of nitrogens with zero attached hydrogens (tertiary/aromatic N) is 1. The molecule has 16 nitrogen and oxygen atoms in total. The lowest BCUT2D eigenvalue weighted by Gasteiger charge is -2.21. The van der Waals surface area contributed by atoms with Crippen LogP contribution in [0, 0.1) is 0 Å². The van der Waals surface area contributed by atoms with Crippen molar-refractivity contribution >= 4 is 35.6 Å². The zero-order chi connectivity index (χ0) is 28.7. The van der Waals surface area contributed by atoms with Gasteiger partial charge in [0, 0.05) is 13.0 Å². The summed E-state index contributed by atoms with van der Waals surface area (Å²) in [5, 5.41) is 36.9. The number of benzene rings is 1. The first-order valence-electron chi connectivity index (χ1n) is 11.5. The molecule has 0 spiro atoms. The first-order chi connectivity index (χ1) is 18.0. The second kappa shape index (κ2) is 16.3. The quantitative estimate of drug-likeness (QED) is 0.0544. The number of guanidine groups is 1. The van der Waals surface area contributed by atoms with Crippen LogP contribution in [0.2, 0.25) is 0 Å². The van der Waals surface area contributed by atoms with Crippen LogP contribution in [0.25, 0.3) is 0 Å². The molecular weight excluding hydrogens is 504 g/mol. The fourth-order valence-corrected chi connectivity index (χ4v) is 3.10. The Labute approximate surface area is 218 Å². The van der Waals surface area contributed by atoms with E-state index >= 15 is 0 Å². The molecule has 0 saturated carbocycles. The molecule has 0 unspecified atom stereocenters. The Hall–Kier alpha value is -4.44. The average molecular weight is 539 g/mol. The average Bonchev–Trinajstić information content (AvgIpc) is 2.87. The van der Waals surface area contributed by atoms with Gasteiger partial charge in [-0.15, -0.1) is 0 Å². The highest BCUT2D eigenvalue weighted by Crippen LogP contribution is 2.11. The molecule has 1 rings (SSSR count). The number of aliphatic imine (C=N–C) groups is 1. The summed E-state index contributed by atoms with van der Waals surface area (Å²) in [5.41, 5.74) is 16.4. The molecule has 13 N–H and O–H groups in total. The monoisotopic (exact) mass is 538 g/mol. The predicted octanol–water partition coefficient (Wildman–Crippen LogP) is -4.41. The lowest BCUT2D eigenvalue weighted by molar-refractivity contribution is -0.143. The van der Waals surface area contributed by atoms with Crippen molar-refractivity contribution in [3.63, 3.8) is 0 Å². The Morgan fingerprint density at radius 3 is 2.08 bits per heavy atom. The number of hydrogen-bond donors (Lipinski definition) is 10. The third-order valence-electron chi connectivity index (χ3n) is 5.03. The summed E-state index contributed by atoms with van der Waals surface area (Å²) in [5.74, 6) is -4.62. The van der Waals surface area contributed by atoms with Crippen molar-refractivity contribution in [1.29, 1.82) is 0 Å². The van der Waals surface area contributed by atoms with Crippen molar-refractivity contribution in [2.75, 3.05) is 26.2 Å². The molecule has 0 aliphatic heterocycles. The number of amides is 4. The SMILES string of the molecule is NCC(=O)N[C@@H](Cc1ccc(O)cc1)C(=O)NCC(=O)N[C@@H](CCCN=C(N)N)C(=O)N[C@@H](CO)C(=O)O. The molecule has 0 aliphatic carbocycles. The van der Waals surface area contributed by atoms with Crippen LogP contribution in [0.3, 0.4) is 0 Å². The van der Waals surface area contributed by atoms with Gasteiger partial charge < -0.3 is 53.8 Å². The predicted molar refractivity (Wildman–Crippen MR) is 134 cm³/mol. The molecule has 0 aliphatic rings. The lowest BCUT2D eigenvalue weighted by Crippen LogP contribution is -2.55. The molecule has 210 valence electrons. The van der Waals surface area contributed by atoms with Crippen LogP contribution in [0.1, 0.15) is 18.4 Å². The van der Waals surface area contributed by atoms with Crippen LogP contribution in [-0.2, 0) is 30.4 Å². The number of nitrogens with two attached hydrogens (primary N) is 3. The van der Waals surface area contributed by atoms with Crippen molar-refractivity contribution < 1.29 is 39.3 Å². The lowest BCUT2D eigenvalue weighted by atomic mass is 10.0. The number of rotatable bonds is 16. The van der Waals surface area contributed by atoms with Crippen molar-refractivity contribution in [3.05, 3.63) is 29.8 Å². The number of hydrogen-bond acceptors (Lipinski definition) is 9. The van der Waals surface area contributed by atoms with Gasteiger partial charge in [0.25, 0.3) is 0 Å². The normalized spacial score (nSPS) is 12.8. The third kappa shape index (κ3) is 12.0. The maximum absolute atomic E-state index is 12.7. The maximum atomic E-state index is 12.7. The van der Waals surface area contributed by atoms with Crippen molar-refractivity contribution in [2.45, 2.75) is 37.4 Å². The molecule has 4 amide bonds. The Kier molecular flexibility index (Phi) is 13.6. The number of phenols is 1. The number of carboxylic acids is 1. The van der Waals surface area contributed by atoms with E-state index in [1.54, 1.807) is 12.1 Å². The first kappa shape index (κ1) is 31.6. The standard InChI is InChI=1S/C22H34N8O8/c23-9-17(33)29-15(8-12-3-5-13(32)6-4-12)19(35)27-10-18(34)28-14(2-1-7-26-22(24)25)20(36)30-16(11-31)21(37)38/h3-6,14-16,31-32H,1-2,7-11,23H2,(H,27,35)(H,28,34)(H,29,33)(H,30,36)(H,37,38)(H4,24,25,26)/t14-,15-,16-/m0/s1. The molecule has 3 atom stereocenters. The summed E-state index contributed by atoms with van der Waals surface area (Å²) in [6.45, 7) is -1.70. The Morgan fingerprint density at radius 1 is 0.895 bits per heavy atom. The summed E-state index contributed by atoms with van der Waals surface area (Å²) >= 11 is 0. The largest absolute Gasteiger partial charge is 0.508 e. The van der Waals surface area contributed by atoms with Gasteiger partial charge in [-0.05, 0) is 30.5 Å². The summed E-state index contributed by atoms with van der Waals surface area (Å²) in [4.78, 5) is 64.5. The molecule has 0 heterocycles. The zero-order valence-corrected chi connectivity index (χ0v) is 20.6. The second-order valence-electron chi connectivity index (χ2n) is 8.06. The van der Waals surface area contributed by atoms with Gasteiger partial charge in [0.2, 0.25) is 23.6 Å². The van der Waals surface area contributed by atoms with E-state index in [1.807, 2.05) is 0 Å². The van der Waals surface area contributed by atoms with Gasteiger partial charge in [-0.25, -0.2) is 4.79 Å². The highest BCUT2D eigenvalue weighted by Gasteiger charge is 2.27. The summed E-state index contributed by atoms with van der Waals surface area (Å²) in [6, 6.07) is 2.01. The Balaban J connectivity index is 2.84. The van der Waals surface area contributed by atoms with E-state index < -0.39 is 60.9 Å². The van der Waals surface area contributed by atoms with Gasteiger partial charge in [0.15, 0.2) is 5.96 Å². The maximum Gasteiger partial charge on any atom is 0.328 e. The van der Waals surface area contributed by atoms with Crippen molar-refractivity contribution in [3.8, 4) is 5.75 Å². The topological polar surface area (TPSA) is 285 Å². The van der Waals surface area contributed by atoms with Crippen LogP contribution >= 0.6 is 0 Å². The fourth-order valence-electron chi connectivity index (χ4n) is 3.10. The number of aliphatic hydroxyl groups is 1. The number of aromatic hydroxyl groups is 1. The number of aliphatic carboxylic acids is 1. The van der Waals surface area contributed by atoms with Gasteiger partial charge in [-0.2, -0.15) is 0 Å². The van der Waals surface area contributed by atoms with Crippen LogP contribution in [0.5, 0.6) is 5.75 Å². The molecule has 1 aromatic rings. The summed E-state index contributed by atoms with van der Waals surface area (Å²) in [7, 11) is 0. The van der Waals surface area contributed by atoms with Crippen LogP contribution in [0.15, 0.2) is 29.3 Å². The molecule has 0 aromatic heterocycles. The van der Waals surface area contributed by atoms with E-state index in [2.05, 4.69) is 26.3 Å². The van der Waals surface area contributed by atoms with Crippen molar-refractivity contribution in [2.24, 2.45) is 22.2 Å². The minimum atomic E-state index is -1.59. The molecule has 38 heavy (non-hydrogen) atoms. The van der Waals surface area contributed by atoms with E-state index in [1.165, 1.54) is 12.1 Å². The minimum Gasteiger partial charge on any atom is -0.508 e. The highest BCUT2D eigenvalue weighted by molar-refractivity contribution is 5.93. The van der Waals surface area contributed by atoms with Gasteiger partial charge in [0.05, 0.1) is 19.7 Å². The third-order valence-corrected chi connectivity index (χ3v) is 5.03. The van der Waals surface area contributed by atoms with Gasteiger partial charge in [-0.3, -0.25) is 24.2 Å². The van der Waals surface area contributed by atoms with E-state index in [0.717, 1.165) is 0 Å². The van der Waals surface area contributed by atoms with E-state index in [4.69, 9.17) is 27.4 Å². The van der Waals surface area contributed by atoms with Crippen LogP contribution in [0.4, 0.5) is 0 Å². The van der Waals surface area contributed by atoms with Crippen LogP contribution in [-0.4, -0.2) is 95.2 Å². The van der Waals surface area contributed by atoms with E-state index in [0.29, 0.717) is 5.56 Å². The molecular formula is C22H34N8O8. The minimum absolute atomic E-state index is 0.0100. The molecule has 0 fully saturated rings. The molecule has 1 aromatic carbocycles. The van der Waals surface area contributed by atoms with Gasteiger partial charge >= 0.3 is 5.97 Å². The number of nitrogens with one attached hydrogen (secondary N) is 4. The number of phenolic OH excluding ortho intramolecular Hbond substituents is 1. The highest BCUT2D eigenvalue weighted by atomic mass is 16.4. The van der Waals surface area contributed by atoms with Gasteiger partial charge in [0.1, 0.15) is 23.9 Å². The number of carboxylic acid groups (broad SMARTS) is 1. The Bertz CT molecular complexity index is 998.